The van der Waals surface area contributed by atoms with Crippen LogP contribution in [0.15, 0.2) is 29.6 Å². The van der Waals surface area contributed by atoms with Crippen molar-refractivity contribution in [2.75, 3.05) is 0 Å². The predicted molar refractivity (Wildman–Crippen MR) is 64.7 cm³/mol. The van der Waals surface area contributed by atoms with Crippen LogP contribution in [-0.2, 0) is 0 Å². The van der Waals surface area contributed by atoms with Gasteiger partial charge in [0.25, 0.3) is 0 Å². The quantitative estimate of drug-likeness (QED) is 0.449. The zero-order valence-electron chi connectivity index (χ0n) is 9.61. The highest BCUT2D eigenvalue weighted by molar-refractivity contribution is 5.43. The predicted octanol–water partition coefficient (Wildman–Crippen LogP) is 3.58. The molecule has 2 aromatic heterocycles. The number of hydrogen-bond acceptors (Lipinski definition) is 2. The van der Waals surface area contributed by atoms with Gasteiger partial charge in [-0.25, -0.2) is 4.98 Å². The Morgan fingerprint density at radius 1 is 1.47 bits per heavy atom. The lowest BCUT2D eigenvalue weighted by atomic mass is 10.1. The lowest BCUT2D eigenvalue weighted by Crippen LogP contribution is -1.92. The van der Waals surface area contributed by atoms with Crippen LogP contribution in [0.1, 0.15) is 43.0 Å². The van der Waals surface area contributed by atoms with Crippen LogP contribution in [0.4, 0.5) is 0 Å². The van der Waals surface area contributed by atoms with Crippen molar-refractivity contribution in [2.45, 2.75) is 31.7 Å². The third kappa shape index (κ3) is 1.85. The largest absolute Gasteiger partial charge is 0.307 e. The van der Waals surface area contributed by atoms with Crippen LogP contribution < -0.4 is 0 Å². The van der Waals surface area contributed by atoms with E-state index in [2.05, 4.69) is 21.2 Å². The minimum absolute atomic E-state index is 0.142. The van der Waals surface area contributed by atoms with Crippen molar-refractivity contribution >= 4 is 5.65 Å². The number of pyridine rings is 1. The minimum atomic E-state index is -0.142. The maximum absolute atomic E-state index is 8.44. The molecule has 5 heteroatoms. The van der Waals surface area contributed by atoms with Crippen LogP contribution in [0.2, 0.25) is 0 Å². The highest BCUT2D eigenvalue weighted by Gasteiger charge is 2.26. The van der Waals surface area contributed by atoms with E-state index in [0.29, 0.717) is 5.92 Å². The number of rotatable bonds is 3. The Labute approximate surface area is 98.7 Å². The zero-order chi connectivity index (χ0) is 11.8. The first-order valence-electron chi connectivity index (χ1n) is 5.80. The Balaban J connectivity index is 2.02. The Morgan fingerprint density at radius 2 is 2.29 bits per heavy atom. The SMILES string of the molecule is CC(N=[N+]=[N-])c1ccc2nc(C3CC3)cn2c1. The van der Waals surface area contributed by atoms with Gasteiger partial charge in [-0.3, -0.25) is 0 Å². The minimum Gasteiger partial charge on any atom is -0.307 e. The normalized spacial score (nSPS) is 16.8. The number of imidazole rings is 1. The molecular weight excluding hydrogens is 214 g/mol. The maximum atomic E-state index is 8.44. The fourth-order valence-corrected chi connectivity index (χ4v) is 2.00. The van der Waals surface area contributed by atoms with Gasteiger partial charge in [0.15, 0.2) is 0 Å². The Morgan fingerprint density at radius 3 is 3.00 bits per heavy atom. The van der Waals surface area contributed by atoms with E-state index >= 15 is 0 Å². The molecule has 1 aliphatic carbocycles. The fraction of sp³-hybridized carbons (Fsp3) is 0.417. The fourth-order valence-electron chi connectivity index (χ4n) is 2.00. The highest BCUT2D eigenvalue weighted by atomic mass is 15.1. The van der Waals surface area contributed by atoms with Gasteiger partial charge in [-0.1, -0.05) is 18.1 Å². The number of fused-ring (bicyclic) bond motifs is 1. The summed E-state index contributed by atoms with van der Waals surface area (Å²) >= 11 is 0. The molecule has 0 aromatic carbocycles. The van der Waals surface area contributed by atoms with Gasteiger partial charge < -0.3 is 4.40 Å². The van der Waals surface area contributed by atoms with Gasteiger partial charge in [0, 0.05) is 23.2 Å². The van der Waals surface area contributed by atoms with Crippen LogP contribution in [0.3, 0.4) is 0 Å². The van der Waals surface area contributed by atoms with Gasteiger partial charge in [-0.2, -0.15) is 0 Å². The lowest BCUT2D eigenvalue weighted by Gasteiger charge is -2.04. The molecule has 0 aliphatic heterocycles. The summed E-state index contributed by atoms with van der Waals surface area (Å²) in [5, 5.41) is 3.70. The summed E-state index contributed by atoms with van der Waals surface area (Å²) in [7, 11) is 0. The first kappa shape index (κ1) is 10.2. The summed E-state index contributed by atoms with van der Waals surface area (Å²) in [6, 6.07) is 3.80. The number of aromatic nitrogens is 2. The van der Waals surface area contributed by atoms with E-state index in [-0.39, 0.29) is 6.04 Å². The second-order valence-electron chi connectivity index (χ2n) is 4.55. The van der Waals surface area contributed by atoms with Gasteiger partial charge in [0.1, 0.15) is 5.65 Å². The smallest absolute Gasteiger partial charge is 0.136 e. The second-order valence-corrected chi connectivity index (χ2v) is 4.55. The van der Waals surface area contributed by atoms with Crippen molar-refractivity contribution in [1.29, 1.82) is 0 Å². The van der Waals surface area contributed by atoms with E-state index < -0.39 is 0 Å². The van der Waals surface area contributed by atoms with E-state index in [4.69, 9.17) is 5.53 Å². The van der Waals surface area contributed by atoms with Gasteiger partial charge in [0.2, 0.25) is 0 Å². The summed E-state index contributed by atoms with van der Waals surface area (Å²) in [5.41, 5.74) is 11.6. The summed E-state index contributed by atoms with van der Waals surface area (Å²) in [4.78, 5) is 7.42. The van der Waals surface area contributed by atoms with Crippen LogP contribution in [-0.4, -0.2) is 9.38 Å². The maximum Gasteiger partial charge on any atom is 0.136 e. The molecule has 1 fully saturated rings. The molecule has 0 amide bonds. The molecule has 3 rings (SSSR count). The third-order valence-electron chi connectivity index (χ3n) is 3.20. The van der Waals surface area contributed by atoms with Crippen molar-refractivity contribution in [3.63, 3.8) is 0 Å². The summed E-state index contributed by atoms with van der Waals surface area (Å²) < 4.78 is 2.02. The van der Waals surface area contributed by atoms with E-state index in [9.17, 15) is 0 Å². The van der Waals surface area contributed by atoms with E-state index in [1.807, 2.05) is 29.7 Å². The molecule has 1 aliphatic rings. The Hall–Kier alpha value is -2.00. The van der Waals surface area contributed by atoms with Gasteiger partial charge in [-0.15, -0.1) is 0 Å². The van der Waals surface area contributed by atoms with E-state index in [1.165, 1.54) is 18.5 Å². The first-order valence-corrected chi connectivity index (χ1v) is 5.80. The van der Waals surface area contributed by atoms with Crippen molar-refractivity contribution in [1.82, 2.24) is 9.38 Å². The molecule has 1 saturated carbocycles. The lowest BCUT2D eigenvalue weighted by molar-refractivity contribution is 0.798. The first-order chi connectivity index (χ1) is 8.28. The molecule has 1 unspecified atom stereocenters. The third-order valence-corrected chi connectivity index (χ3v) is 3.20. The average Bonchev–Trinajstić information content (AvgIpc) is 3.08. The number of azide groups is 1. The van der Waals surface area contributed by atoms with Crippen LogP contribution in [0.25, 0.3) is 16.1 Å². The summed E-state index contributed by atoms with van der Waals surface area (Å²) in [5.74, 6) is 0.660. The van der Waals surface area contributed by atoms with E-state index in [0.717, 1.165) is 11.2 Å². The van der Waals surface area contributed by atoms with Crippen LogP contribution >= 0.6 is 0 Å². The van der Waals surface area contributed by atoms with Gasteiger partial charge >= 0.3 is 0 Å². The number of hydrogen-bond donors (Lipinski definition) is 0. The second kappa shape index (κ2) is 3.79. The molecule has 17 heavy (non-hydrogen) atoms. The number of nitrogens with zero attached hydrogens (tertiary/aromatic N) is 5. The van der Waals surface area contributed by atoms with Crippen molar-refractivity contribution < 1.29 is 0 Å². The molecule has 0 radical (unpaired) electrons. The molecule has 0 spiro atoms. The van der Waals surface area contributed by atoms with Gasteiger partial charge in [0.05, 0.1) is 11.7 Å². The zero-order valence-corrected chi connectivity index (χ0v) is 9.61. The summed E-state index contributed by atoms with van der Waals surface area (Å²) in [6.07, 6.45) is 6.59. The Bertz CT molecular complexity index is 604. The Kier molecular flexibility index (Phi) is 2.27. The molecule has 2 heterocycles. The van der Waals surface area contributed by atoms with Crippen molar-refractivity contribution in [2.24, 2.45) is 5.11 Å². The van der Waals surface area contributed by atoms with Crippen molar-refractivity contribution in [3.05, 3.63) is 46.2 Å². The summed E-state index contributed by atoms with van der Waals surface area (Å²) in [6.45, 7) is 1.89. The van der Waals surface area contributed by atoms with Crippen LogP contribution in [0, 0.1) is 0 Å². The monoisotopic (exact) mass is 227 g/mol. The molecule has 5 nitrogen and oxygen atoms in total. The molecule has 0 saturated heterocycles. The standard InChI is InChI=1S/C12H13N5/c1-8(15-16-13)10-4-5-12-14-11(9-2-3-9)7-17(12)6-10/h4-9H,2-3H2,1H3. The van der Waals surface area contributed by atoms with Crippen LogP contribution in [0.5, 0.6) is 0 Å². The average molecular weight is 227 g/mol. The highest BCUT2D eigenvalue weighted by Crippen LogP contribution is 2.39. The molecule has 1 atom stereocenters. The van der Waals surface area contributed by atoms with E-state index in [1.54, 1.807) is 0 Å². The molecule has 0 N–H and O–H groups in total. The molecule has 0 bridgehead atoms. The molecule has 86 valence electrons. The van der Waals surface area contributed by atoms with Gasteiger partial charge in [-0.05, 0) is 30.0 Å². The topological polar surface area (TPSA) is 66.1 Å². The molecular formula is C12H13N5. The van der Waals surface area contributed by atoms with Crippen molar-refractivity contribution in [3.8, 4) is 0 Å². The molecule has 2 aromatic rings.